The quantitative estimate of drug-likeness (QED) is 0.876. The second kappa shape index (κ2) is 6.32. The molecule has 1 heterocycles. The molecule has 1 fully saturated rings. The van der Waals surface area contributed by atoms with Crippen molar-refractivity contribution in [1.29, 1.82) is 0 Å². The maximum atomic E-state index is 13.9. The molecule has 2 rings (SSSR count). The highest BCUT2D eigenvalue weighted by Crippen LogP contribution is 2.23. The zero-order valence-corrected chi connectivity index (χ0v) is 12.4. The number of hydrogen-bond donors (Lipinski definition) is 1. The van der Waals surface area contributed by atoms with Gasteiger partial charge in [0.2, 0.25) is 5.91 Å². The van der Waals surface area contributed by atoms with E-state index in [0.717, 1.165) is 0 Å². The molecule has 1 aromatic rings. The summed E-state index contributed by atoms with van der Waals surface area (Å²) in [6.07, 6.45) is 0. The van der Waals surface area contributed by atoms with Crippen molar-refractivity contribution in [3.05, 3.63) is 34.1 Å². The lowest BCUT2D eigenvalue weighted by Crippen LogP contribution is -2.55. The lowest BCUT2D eigenvalue weighted by Gasteiger charge is -2.34. The Morgan fingerprint density at radius 3 is 2.90 bits per heavy atom. The standard InChI is InChI=1S/C13H14BrFN2O3/c1-16-12(18)10-7-20-6-5-17(10)13(19)11-8(14)3-2-4-9(11)15/h2-4,10H,5-7H2,1H3,(H,16,18). The van der Waals surface area contributed by atoms with Gasteiger partial charge in [0.15, 0.2) is 0 Å². The number of halogens is 2. The van der Waals surface area contributed by atoms with E-state index in [2.05, 4.69) is 21.2 Å². The van der Waals surface area contributed by atoms with Crippen LogP contribution in [0.2, 0.25) is 0 Å². The molecule has 0 bridgehead atoms. The van der Waals surface area contributed by atoms with E-state index >= 15 is 0 Å². The molecule has 1 saturated heterocycles. The molecule has 0 radical (unpaired) electrons. The van der Waals surface area contributed by atoms with Gasteiger partial charge in [-0.3, -0.25) is 9.59 Å². The predicted molar refractivity (Wildman–Crippen MR) is 73.8 cm³/mol. The number of amides is 2. The van der Waals surface area contributed by atoms with E-state index in [1.807, 2.05) is 0 Å². The highest BCUT2D eigenvalue weighted by Gasteiger charge is 2.34. The van der Waals surface area contributed by atoms with Gasteiger partial charge in [0, 0.05) is 18.1 Å². The number of nitrogens with one attached hydrogen (secondary N) is 1. The number of morpholine rings is 1. The molecule has 1 aliphatic heterocycles. The molecule has 0 aromatic heterocycles. The van der Waals surface area contributed by atoms with Crippen molar-refractivity contribution in [1.82, 2.24) is 10.2 Å². The summed E-state index contributed by atoms with van der Waals surface area (Å²) in [6.45, 7) is 0.681. The van der Waals surface area contributed by atoms with Crippen molar-refractivity contribution in [2.75, 3.05) is 26.8 Å². The first kappa shape index (κ1) is 14.9. The Morgan fingerprint density at radius 2 is 2.25 bits per heavy atom. The molecule has 2 amide bonds. The van der Waals surface area contributed by atoms with Crippen LogP contribution in [0.5, 0.6) is 0 Å². The zero-order chi connectivity index (χ0) is 14.7. The van der Waals surface area contributed by atoms with Gasteiger partial charge >= 0.3 is 0 Å². The molecule has 0 aliphatic carbocycles. The van der Waals surface area contributed by atoms with Crippen LogP contribution in [-0.2, 0) is 9.53 Å². The van der Waals surface area contributed by atoms with Gasteiger partial charge in [-0.25, -0.2) is 4.39 Å². The van der Waals surface area contributed by atoms with Gasteiger partial charge in [-0.15, -0.1) is 0 Å². The summed E-state index contributed by atoms with van der Waals surface area (Å²) >= 11 is 3.17. The molecule has 0 spiro atoms. The lowest BCUT2D eigenvalue weighted by atomic mass is 10.1. The van der Waals surface area contributed by atoms with Gasteiger partial charge < -0.3 is 15.0 Å². The molecule has 7 heteroatoms. The van der Waals surface area contributed by atoms with E-state index in [4.69, 9.17) is 4.74 Å². The van der Waals surface area contributed by atoms with Crippen LogP contribution in [0.15, 0.2) is 22.7 Å². The predicted octanol–water partition coefficient (Wildman–Crippen LogP) is 1.18. The Morgan fingerprint density at radius 1 is 1.50 bits per heavy atom. The molecule has 1 aliphatic rings. The number of carbonyl (C=O) groups is 2. The maximum absolute atomic E-state index is 13.9. The number of hydrogen-bond acceptors (Lipinski definition) is 3. The minimum Gasteiger partial charge on any atom is -0.377 e. The van der Waals surface area contributed by atoms with Crippen molar-refractivity contribution < 1.29 is 18.7 Å². The highest BCUT2D eigenvalue weighted by molar-refractivity contribution is 9.10. The first-order chi connectivity index (χ1) is 9.56. The molecular formula is C13H14BrFN2O3. The third-order valence-corrected chi connectivity index (χ3v) is 3.78. The fourth-order valence-corrected chi connectivity index (χ4v) is 2.59. The highest BCUT2D eigenvalue weighted by atomic mass is 79.9. The molecule has 5 nitrogen and oxygen atoms in total. The van der Waals surface area contributed by atoms with Gasteiger partial charge in [0.05, 0.1) is 18.8 Å². The monoisotopic (exact) mass is 344 g/mol. The Balaban J connectivity index is 2.33. The van der Waals surface area contributed by atoms with E-state index in [-0.39, 0.29) is 24.6 Å². The fraction of sp³-hybridized carbons (Fsp3) is 0.385. The van der Waals surface area contributed by atoms with Crippen LogP contribution >= 0.6 is 15.9 Å². The Labute approximate surface area is 124 Å². The molecule has 1 unspecified atom stereocenters. The number of rotatable bonds is 2. The van der Waals surface area contributed by atoms with Crippen molar-refractivity contribution in [2.24, 2.45) is 0 Å². The summed E-state index contributed by atoms with van der Waals surface area (Å²) < 4.78 is 19.4. The number of nitrogens with zero attached hydrogens (tertiary/aromatic N) is 1. The van der Waals surface area contributed by atoms with Gasteiger partial charge in [-0.05, 0) is 28.1 Å². The van der Waals surface area contributed by atoms with Gasteiger partial charge in [-0.1, -0.05) is 6.07 Å². The summed E-state index contributed by atoms with van der Waals surface area (Å²) in [4.78, 5) is 25.6. The summed E-state index contributed by atoms with van der Waals surface area (Å²) in [5.74, 6) is -1.47. The topological polar surface area (TPSA) is 58.6 Å². The van der Waals surface area contributed by atoms with Gasteiger partial charge in [0.25, 0.3) is 5.91 Å². The van der Waals surface area contributed by atoms with Crippen LogP contribution in [0, 0.1) is 5.82 Å². The Bertz CT molecular complexity index is 518. The number of likely N-dealkylation sites (N-methyl/N-ethyl adjacent to an activating group) is 1. The fourth-order valence-electron chi connectivity index (χ4n) is 2.08. The molecule has 1 N–H and O–H groups in total. The third kappa shape index (κ3) is 2.83. The van der Waals surface area contributed by atoms with Crippen LogP contribution in [0.3, 0.4) is 0 Å². The second-order valence-electron chi connectivity index (χ2n) is 4.30. The van der Waals surface area contributed by atoms with Crippen LogP contribution in [0.25, 0.3) is 0 Å². The average molecular weight is 345 g/mol. The minimum absolute atomic E-state index is 0.0664. The Kier molecular flexibility index (Phi) is 4.72. The van der Waals surface area contributed by atoms with Gasteiger partial charge in [-0.2, -0.15) is 0 Å². The summed E-state index contributed by atoms with van der Waals surface area (Å²) in [6, 6.07) is 3.57. The van der Waals surface area contributed by atoms with Gasteiger partial charge in [0.1, 0.15) is 11.9 Å². The van der Waals surface area contributed by atoms with Crippen LogP contribution in [0.1, 0.15) is 10.4 Å². The first-order valence-electron chi connectivity index (χ1n) is 6.10. The molecule has 0 saturated carbocycles. The average Bonchev–Trinajstić information content (AvgIpc) is 2.46. The molecular weight excluding hydrogens is 331 g/mol. The Hall–Kier alpha value is -1.47. The minimum atomic E-state index is -0.743. The SMILES string of the molecule is CNC(=O)C1COCCN1C(=O)c1c(F)cccc1Br. The number of ether oxygens (including phenoxy) is 1. The summed E-state index contributed by atoms with van der Waals surface area (Å²) in [5.41, 5.74) is -0.0664. The molecule has 108 valence electrons. The van der Waals surface area contributed by atoms with Crippen molar-refractivity contribution in [2.45, 2.75) is 6.04 Å². The zero-order valence-electron chi connectivity index (χ0n) is 10.9. The number of carbonyl (C=O) groups excluding carboxylic acids is 2. The smallest absolute Gasteiger partial charge is 0.258 e. The molecule has 20 heavy (non-hydrogen) atoms. The summed E-state index contributed by atoms with van der Waals surface area (Å²) in [7, 11) is 1.48. The van der Waals surface area contributed by atoms with Crippen LogP contribution < -0.4 is 5.32 Å². The van der Waals surface area contributed by atoms with E-state index in [1.54, 1.807) is 6.07 Å². The lowest BCUT2D eigenvalue weighted by molar-refractivity contribution is -0.130. The van der Waals surface area contributed by atoms with E-state index in [0.29, 0.717) is 11.1 Å². The van der Waals surface area contributed by atoms with E-state index in [9.17, 15) is 14.0 Å². The van der Waals surface area contributed by atoms with Crippen LogP contribution in [0.4, 0.5) is 4.39 Å². The van der Waals surface area contributed by atoms with Crippen molar-refractivity contribution in [3.8, 4) is 0 Å². The van der Waals surface area contributed by atoms with E-state index in [1.165, 1.54) is 24.1 Å². The maximum Gasteiger partial charge on any atom is 0.258 e. The third-order valence-electron chi connectivity index (χ3n) is 3.12. The first-order valence-corrected chi connectivity index (χ1v) is 6.90. The number of benzene rings is 1. The van der Waals surface area contributed by atoms with Crippen molar-refractivity contribution in [3.63, 3.8) is 0 Å². The van der Waals surface area contributed by atoms with Crippen LogP contribution in [-0.4, -0.2) is 49.6 Å². The van der Waals surface area contributed by atoms with E-state index < -0.39 is 17.8 Å². The largest absolute Gasteiger partial charge is 0.377 e. The van der Waals surface area contributed by atoms with Crippen molar-refractivity contribution >= 4 is 27.7 Å². The second-order valence-corrected chi connectivity index (χ2v) is 5.15. The summed E-state index contributed by atoms with van der Waals surface area (Å²) in [5, 5.41) is 2.48. The molecule has 1 aromatic carbocycles. The normalized spacial score (nSPS) is 18.8. The molecule has 1 atom stereocenters.